The van der Waals surface area contributed by atoms with Gasteiger partial charge in [0.05, 0.1) is 28.8 Å². The number of hydrogen-bond donors (Lipinski definition) is 1. The third kappa shape index (κ3) is 3.82. The Morgan fingerprint density at radius 1 is 1.03 bits per heavy atom. The number of rotatable bonds is 6. The average Bonchev–Trinajstić information content (AvgIpc) is 3.42. The molecule has 6 nitrogen and oxygen atoms in total. The van der Waals surface area contributed by atoms with E-state index in [0.29, 0.717) is 18.5 Å². The summed E-state index contributed by atoms with van der Waals surface area (Å²) in [6, 6.07) is 17.9. The fraction of sp³-hybridized carbons (Fsp3) is 0.174. The van der Waals surface area contributed by atoms with Crippen LogP contribution in [0.1, 0.15) is 34.1 Å². The first-order chi connectivity index (χ1) is 14.2. The second-order valence-electron chi connectivity index (χ2n) is 6.87. The van der Waals surface area contributed by atoms with Crippen molar-refractivity contribution in [3.63, 3.8) is 0 Å². The normalized spacial score (nSPS) is 10.8. The summed E-state index contributed by atoms with van der Waals surface area (Å²) in [7, 11) is 0. The van der Waals surface area contributed by atoms with Crippen LogP contribution in [0.3, 0.4) is 0 Å². The van der Waals surface area contributed by atoms with Crippen molar-refractivity contribution in [3.05, 3.63) is 95.6 Å². The van der Waals surface area contributed by atoms with E-state index in [4.69, 9.17) is 0 Å². The number of carbonyl (C=O) groups excluding carboxylic acids is 1. The number of benzene rings is 2. The van der Waals surface area contributed by atoms with Gasteiger partial charge in [-0.1, -0.05) is 42.8 Å². The number of amides is 1. The molecule has 0 aliphatic carbocycles. The molecule has 0 spiro atoms. The quantitative estimate of drug-likeness (QED) is 0.548. The van der Waals surface area contributed by atoms with Crippen LogP contribution in [-0.4, -0.2) is 25.5 Å². The van der Waals surface area contributed by atoms with E-state index < -0.39 is 0 Å². The lowest BCUT2D eigenvalue weighted by Gasteiger charge is -2.11. The van der Waals surface area contributed by atoms with Gasteiger partial charge in [0.25, 0.3) is 5.91 Å². The summed E-state index contributed by atoms with van der Waals surface area (Å²) in [4.78, 5) is 12.9. The van der Waals surface area contributed by atoms with Gasteiger partial charge in [0.2, 0.25) is 0 Å². The lowest BCUT2D eigenvalue weighted by atomic mass is 10.1. The van der Waals surface area contributed by atoms with Gasteiger partial charge in [0.15, 0.2) is 0 Å². The summed E-state index contributed by atoms with van der Waals surface area (Å²) >= 11 is 0. The van der Waals surface area contributed by atoms with Crippen LogP contribution < -0.4 is 5.32 Å². The summed E-state index contributed by atoms with van der Waals surface area (Å²) in [6.07, 6.45) is 5.98. The zero-order valence-corrected chi connectivity index (χ0v) is 16.5. The minimum Gasteiger partial charge on any atom is -0.348 e. The van der Waals surface area contributed by atoms with Crippen LogP contribution in [0.5, 0.6) is 0 Å². The molecule has 4 rings (SSSR count). The van der Waals surface area contributed by atoms with Gasteiger partial charge in [0.1, 0.15) is 0 Å². The number of aryl methyl sites for hydroxylation is 1. The fourth-order valence-corrected chi connectivity index (χ4v) is 3.38. The van der Waals surface area contributed by atoms with Gasteiger partial charge < -0.3 is 5.32 Å². The van der Waals surface area contributed by atoms with Gasteiger partial charge in [-0.25, -0.2) is 9.36 Å². The van der Waals surface area contributed by atoms with Crippen LogP contribution in [0.4, 0.5) is 0 Å². The fourth-order valence-electron chi connectivity index (χ4n) is 3.38. The van der Waals surface area contributed by atoms with E-state index in [-0.39, 0.29) is 5.91 Å². The lowest BCUT2D eigenvalue weighted by Crippen LogP contribution is -2.24. The molecule has 0 saturated carbocycles. The lowest BCUT2D eigenvalue weighted by molar-refractivity contribution is 0.0950. The van der Waals surface area contributed by atoms with Crippen LogP contribution in [-0.2, 0) is 13.0 Å². The Bertz CT molecular complexity index is 1110. The van der Waals surface area contributed by atoms with Crippen LogP contribution in [0, 0.1) is 6.92 Å². The van der Waals surface area contributed by atoms with Gasteiger partial charge in [-0.3, -0.25) is 4.79 Å². The maximum absolute atomic E-state index is 12.9. The number of nitrogens with one attached hydrogen (secondary N) is 1. The van der Waals surface area contributed by atoms with Crippen molar-refractivity contribution >= 4 is 5.91 Å². The smallest absolute Gasteiger partial charge is 0.255 e. The molecule has 0 atom stereocenters. The zero-order chi connectivity index (χ0) is 20.2. The summed E-state index contributed by atoms with van der Waals surface area (Å²) in [5.41, 5.74) is 5.58. The van der Waals surface area contributed by atoms with Crippen LogP contribution in [0.2, 0.25) is 0 Å². The molecule has 2 aromatic heterocycles. The van der Waals surface area contributed by atoms with Crippen LogP contribution in [0.15, 0.2) is 73.2 Å². The molecular weight excluding hydrogens is 362 g/mol. The van der Waals surface area contributed by atoms with Crippen molar-refractivity contribution in [3.8, 4) is 11.4 Å². The summed E-state index contributed by atoms with van der Waals surface area (Å²) in [5, 5.41) is 11.8. The largest absolute Gasteiger partial charge is 0.348 e. The molecule has 2 aromatic carbocycles. The first-order valence-electron chi connectivity index (χ1n) is 9.67. The van der Waals surface area contributed by atoms with E-state index in [1.54, 1.807) is 17.1 Å². The number of aromatic nitrogens is 4. The molecular formula is C23H23N5O. The Hall–Kier alpha value is -3.67. The second kappa shape index (κ2) is 8.14. The molecule has 0 aliphatic rings. The van der Waals surface area contributed by atoms with Gasteiger partial charge in [-0.2, -0.15) is 10.2 Å². The Labute approximate surface area is 169 Å². The summed E-state index contributed by atoms with van der Waals surface area (Å²) in [6.45, 7) is 4.49. The first-order valence-corrected chi connectivity index (χ1v) is 9.67. The Balaban J connectivity index is 1.55. The molecule has 0 fully saturated rings. The van der Waals surface area contributed by atoms with Crippen molar-refractivity contribution in [1.29, 1.82) is 0 Å². The monoisotopic (exact) mass is 385 g/mol. The third-order valence-corrected chi connectivity index (χ3v) is 4.91. The second-order valence-corrected chi connectivity index (χ2v) is 6.87. The van der Waals surface area contributed by atoms with E-state index in [2.05, 4.69) is 15.5 Å². The molecule has 1 amide bonds. The van der Waals surface area contributed by atoms with Gasteiger partial charge in [-0.05, 0) is 43.2 Å². The van der Waals surface area contributed by atoms with Crippen LogP contribution >= 0.6 is 0 Å². The van der Waals surface area contributed by atoms with Crippen molar-refractivity contribution in [2.75, 3.05) is 0 Å². The molecule has 0 radical (unpaired) electrons. The minimum atomic E-state index is -0.129. The highest BCUT2D eigenvalue weighted by molar-refractivity contribution is 5.95. The molecule has 146 valence electrons. The Morgan fingerprint density at radius 3 is 2.55 bits per heavy atom. The topological polar surface area (TPSA) is 64.7 Å². The van der Waals surface area contributed by atoms with Crippen molar-refractivity contribution in [1.82, 2.24) is 24.9 Å². The molecule has 29 heavy (non-hydrogen) atoms. The van der Waals surface area contributed by atoms with E-state index in [9.17, 15) is 4.79 Å². The Morgan fingerprint density at radius 2 is 1.83 bits per heavy atom. The number of carbonyl (C=O) groups is 1. The van der Waals surface area contributed by atoms with E-state index in [1.807, 2.05) is 79.3 Å². The van der Waals surface area contributed by atoms with Crippen molar-refractivity contribution < 1.29 is 4.79 Å². The van der Waals surface area contributed by atoms with Gasteiger partial charge >= 0.3 is 0 Å². The van der Waals surface area contributed by atoms with E-state index >= 15 is 0 Å². The molecule has 6 heteroatoms. The summed E-state index contributed by atoms with van der Waals surface area (Å²) in [5.74, 6) is -0.129. The van der Waals surface area contributed by atoms with E-state index in [0.717, 1.165) is 22.6 Å². The molecule has 2 heterocycles. The van der Waals surface area contributed by atoms with Gasteiger partial charge in [-0.15, -0.1) is 0 Å². The predicted molar refractivity (Wildman–Crippen MR) is 112 cm³/mol. The van der Waals surface area contributed by atoms with E-state index in [1.165, 1.54) is 5.56 Å². The molecule has 1 N–H and O–H groups in total. The predicted octanol–water partition coefficient (Wildman–Crippen LogP) is 3.86. The summed E-state index contributed by atoms with van der Waals surface area (Å²) < 4.78 is 3.64. The number of hydrogen-bond acceptors (Lipinski definition) is 3. The highest BCUT2D eigenvalue weighted by Crippen LogP contribution is 2.18. The van der Waals surface area contributed by atoms with Crippen LogP contribution in [0.25, 0.3) is 11.4 Å². The zero-order valence-electron chi connectivity index (χ0n) is 16.5. The highest BCUT2D eigenvalue weighted by atomic mass is 16.1. The third-order valence-electron chi connectivity index (χ3n) is 4.91. The average molecular weight is 385 g/mol. The molecule has 0 aliphatic heterocycles. The standard InChI is InChI=1S/C23H23N5O/c1-3-21-20(16-26-28(21)19-11-9-17(2)10-12-19)23(29)24-15-18-7-4-5-8-22(18)27-14-6-13-25-27/h4-14,16H,3,15H2,1-2H3,(H,24,29). The van der Waals surface area contributed by atoms with Crippen molar-refractivity contribution in [2.24, 2.45) is 0 Å². The minimum absolute atomic E-state index is 0.129. The highest BCUT2D eigenvalue weighted by Gasteiger charge is 2.17. The molecule has 0 saturated heterocycles. The SMILES string of the molecule is CCc1c(C(=O)NCc2ccccc2-n2cccn2)cnn1-c1ccc(C)cc1. The molecule has 0 bridgehead atoms. The molecule has 0 unspecified atom stereocenters. The van der Waals surface area contributed by atoms with Gasteiger partial charge in [0, 0.05) is 18.9 Å². The Kier molecular flexibility index (Phi) is 5.24. The molecule has 4 aromatic rings. The van der Waals surface area contributed by atoms with Crippen molar-refractivity contribution in [2.45, 2.75) is 26.8 Å². The maximum Gasteiger partial charge on any atom is 0.255 e. The maximum atomic E-state index is 12.9. The first kappa shape index (κ1) is 18.7. The number of para-hydroxylation sites is 1. The number of nitrogens with zero attached hydrogens (tertiary/aromatic N) is 4.